The van der Waals surface area contributed by atoms with Crippen molar-refractivity contribution >= 4 is 11.6 Å². The molecule has 19 heavy (non-hydrogen) atoms. The van der Waals surface area contributed by atoms with Crippen LogP contribution in [0.15, 0.2) is 59.7 Å². The van der Waals surface area contributed by atoms with Crippen LogP contribution in [0.4, 0.5) is 0 Å². The molecule has 0 heterocycles. The molecule has 0 aromatic heterocycles. The smallest absolute Gasteiger partial charge is 0.267 e. The molecule has 1 N–H and O–H groups in total. The molecule has 2 aromatic rings. The third-order valence-corrected chi connectivity index (χ3v) is 3.29. The van der Waals surface area contributed by atoms with Gasteiger partial charge in [0.1, 0.15) is 0 Å². The van der Waals surface area contributed by atoms with Crippen molar-refractivity contribution < 1.29 is 4.79 Å². The molecule has 0 aliphatic heterocycles. The highest BCUT2D eigenvalue weighted by molar-refractivity contribution is 6.05. The first kappa shape index (κ1) is 11.7. The van der Waals surface area contributed by atoms with Crippen LogP contribution in [0.25, 0.3) is 0 Å². The number of carbonyl (C=O) groups is 1. The number of hydrogen-bond acceptors (Lipinski definition) is 2. The van der Waals surface area contributed by atoms with Gasteiger partial charge in [0, 0.05) is 11.1 Å². The van der Waals surface area contributed by atoms with Crippen LogP contribution in [0.3, 0.4) is 0 Å². The summed E-state index contributed by atoms with van der Waals surface area (Å²) in [5, 5.41) is 4.26. The second-order valence-electron chi connectivity index (χ2n) is 4.52. The number of aryl methyl sites for hydroxylation is 1. The van der Waals surface area contributed by atoms with E-state index in [-0.39, 0.29) is 5.91 Å². The first-order valence-corrected chi connectivity index (χ1v) is 6.35. The molecule has 0 radical (unpaired) electrons. The van der Waals surface area contributed by atoms with Gasteiger partial charge in [-0.25, -0.2) is 5.43 Å². The zero-order chi connectivity index (χ0) is 13.1. The van der Waals surface area contributed by atoms with Crippen LogP contribution in [0, 0.1) is 0 Å². The lowest BCUT2D eigenvalue weighted by Crippen LogP contribution is -2.19. The Bertz CT molecular complexity index is 632. The minimum atomic E-state index is -0.169. The third-order valence-electron chi connectivity index (χ3n) is 3.29. The van der Waals surface area contributed by atoms with Crippen molar-refractivity contribution in [1.29, 1.82) is 0 Å². The van der Waals surface area contributed by atoms with Crippen molar-refractivity contribution in [3.05, 3.63) is 71.3 Å². The molecule has 3 heteroatoms. The number of benzene rings is 2. The number of fused-ring (bicyclic) bond motifs is 1. The Balaban J connectivity index is 1.77. The first-order valence-electron chi connectivity index (χ1n) is 6.35. The quantitative estimate of drug-likeness (QED) is 0.818. The molecule has 0 spiro atoms. The van der Waals surface area contributed by atoms with E-state index in [9.17, 15) is 4.79 Å². The van der Waals surface area contributed by atoms with E-state index < -0.39 is 0 Å². The highest BCUT2D eigenvalue weighted by Crippen LogP contribution is 2.21. The number of carbonyl (C=O) groups excluding carboxylic acids is 1. The zero-order valence-electron chi connectivity index (χ0n) is 10.5. The molecule has 0 saturated heterocycles. The van der Waals surface area contributed by atoms with E-state index in [1.54, 1.807) is 12.1 Å². The molecule has 1 amide bonds. The molecule has 3 nitrogen and oxygen atoms in total. The topological polar surface area (TPSA) is 41.5 Å². The average molecular weight is 250 g/mol. The molecule has 0 bridgehead atoms. The van der Waals surface area contributed by atoms with Gasteiger partial charge in [0.25, 0.3) is 5.91 Å². The second kappa shape index (κ2) is 5.06. The van der Waals surface area contributed by atoms with E-state index in [0.29, 0.717) is 5.56 Å². The largest absolute Gasteiger partial charge is 0.271 e. The Hall–Kier alpha value is -2.42. The van der Waals surface area contributed by atoms with Gasteiger partial charge in [-0.3, -0.25) is 4.79 Å². The maximum absolute atomic E-state index is 11.9. The Labute approximate surface area is 112 Å². The fourth-order valence-corrected chi connectivity index (χ4v) is 2.30. The highest BCUT2D eigenvalue weighted by atomic mass is 16.2. The van der Waals surface area contributed by atoms with Gasteiger partial charge in [-0.15, -0.1) is 0 Å². The van der Waals surface area contributed by atoms with Gasteiger partial charge in [-0.2, -0.15) is 5.10 Å². The Morgan fingerprint density at radius 3 is 2.53 bits per heavy atom. The molecule has 1 aliphatic rings. The molecule has 2 aromatic carbocycles. The zero-order valence-corrected chi connectivity index (χ0v) is 10.5. The van der Waals surface area contributed by atoms with Crippen LogP contribution in [0.5, 0.6) is 0 Å². The fraction of sp³-hybridized carbons (Fsp3) is 0.125. The van der Waals surface area contributed by atoms with E-state index in [4.69, 9.17) is 0 Å². The molecule has 0 fully saturated rings. The Kier molecular flexibility index (Phi) is 3.11. The van der Waals surface area contributed by atoms with Crippen molar-refractivity contribution in [3.63, 3.8) is 0 Å². The summed E-state index contributed by atoms with van der Waals surface area (Å²) in [5.74, 6) is -0.169. The van der Waals surface area contributed by atoms with E-state index in [2.05, 4.69) is 22.7 Å². The number of hydrogen-bond donors (Lipinski definition) is 1. The second-order valence-corrected chi connectivity index (χ2v) is 4.52. The van der Waals surface area contributed by atoms with Crippen molar-refractivity contribution in [2.45, 2.75) is 12.8 Å². The number of hydrazone groups is 1. The molecule has 0 atom stereocenters. The lowest BCUT2D eigenvalue weighted by Gasteiger charge is -2.02. The van der Waals surface area contributed by atoms with Crippen LogP contribution < -0.4 is 5.43 Å². The molecule has 94 valence electrons. The van der Waals surface area contributed by atoms with E-state index in [0.717, 1.165) is 24.1 Å². The summed E-state index contributed by atoms with van der Waals surface area (Å²) >= 11 is 0. The minimum Gasteiger partial charge on any atom is -0.267 e. The molecule has 1 aliphatic carbocycles. The average Bonchev–Trinajstić information content (AvgIpc) is 2.89. The summed E-state index contributed by atoms with van der Waals surface area (Å²) in [6.07, 6.45) is 1.88. The van der Waals surface area contributed by atoms with E-state index in [1.165, 1.54) is 5.56 Å². The first-order chi connectivity index (χ1) is 9.34. The maximum atomic E-state index is 11.9. The molecular weight excluding hydrogens is 236 g/mol. The number of rotatable bonds is 2. The Morgan fingerprint density at radius 2 is 1.68 bits per heavy atom. The lowest BCUT2D eigenvalue weighted by atomic mass is 10.1. The van der Waals surface area contributed by atoms with Crippen molar-refractivity contribution in [2.24, 2.45) is 5.10 Å². The molecule has 3 rings (SSSR count). The fourth-order valence-electron chi connectivity index (χ4n) is 2.30. The van der Waals surface area contributed by atoms with E-state index in [1.807, 2.05) is 30.3 Å². The van der Waals surface area contributed by atoms with Crippen molar-refractivity contribution in [2.75, 3.05) is 0 Å². The molecule has 0 unspecified atom stereocenters. The maximum Gasteiger partial charge on any atom is 0.271 e. The van der Waals surface area contributed by atoms with Crippen LogP contribution in [-0.2, 0) is 6.42 Å². The van der Waals surface area contributed by atoms with E-state index >= 15 is 0 Å². The highest BCUT2D eigenvalue weighted by Gasteiger charge is 2.17. The summed E-state index contributed by atoms with van der Waals surface area (Å²) in [7, 11) is 0. The molecular formula is C16H14N2O. The van der Waals surface area contributed by atoms with Crippen LogP contribution >= 0.6 is 0 Å². The van der Waals surface area contributed by atoms with Gasteiger partial charge in [0.15, 0.2) is 0 Å². The van der Waals surface area contributed by atoms with Gasteiger partial charge in [-0.1, -0.05) is 42.5 Å². The summed E-state index contributed by atoms with van der Waals surface area (Å²) < 4.78 is 0. The number of amides is 1. The monoisotopic (exact) mass is 250 g/mol. The summed E-state index contributed by atoms with van der Waals surface area (Å²) in [6, 6.07) is 17.3. The summed E-state index contributed by atoms with van der Waals surface area (Å²) in [4.78, 5) is 11.9. The standard InChI is InChI=1S/C16H14N2O/c19-16(13-7-2-1-3-8-13)18-17-15-11-10-12-6-4-5-9-14(12)15/h1-9H,10-11H2,(H,18,19). The lowest BCUT2D eigenvalue weighted by molar-refractivity contribution is 0.0955. The molecule has 0 saturated carbocycles. The predicted octanol–water partition coefficient (Wildman–Crippen LogP) is 2.77. The minimum absolute atomic E-state index is 0.169. The van der Waals surface area contributed by atoms with Gasteiger partial charge >= 0.3 is 0 Å². The predicted molar refractivity (Wildman–Crippen MR) is 75.2 cm³/mol. The van der Waals surface area contributed by atoms with Gasteiger partial charge in [0.2, 0.25) is 0 Å². The number of nitrogens with zero attached hydrogens (tertiary/aromatic N) is 1. The van der Waals surface area contributed by atoms with Crippen molar-refractivity contribution in [3.8, 4) is 0 Å². The Morgan fingerprint density at radius 1 is 0.947 bits per heavy atom. The summed E-state index contributed by atoms with van der Waals surface area (Å²) in [6.45, 7) is 0. The van der Waals surface area contributed by atoms with Gasteiger partial charge in [0.05, 0.1) is 5.71 Å². The summed E-state index contributed by atoms with van der Waals surface area (Å²) in [5.41, 5.74) is 6.66. The van der Waals surface area contributed by atoms with Crippen molar-refractivity contribution in [1.82, 2.24) is 5.43 Å². The third kappa shape index (κ3) is 2.40. The van der Waals surface area contributed by atoms with Crippen LogP contribution in [-0.4, -0.2) is 11.6 Å². The number of nitrogens with one attached hydrogen (secondary N) is 1. The van der Waals surface area contributed by atoms with Crippen LogP contribution in [0.2, 0.25) is 0 Å². The normalized spacial score (nSPS) is 15.3. The van der Waals surface area contributed by atoms with Gasteiger partial charge in [-0.05, 0) is 30.5 Å². The van der Waals surface area contributed by atoms with Crippen LogP contribution in [0.1, 0.15) is 27.9 Å². The SMILES string of the molecule is O=C(NN=C1CCc2ccccc21)c1ccccc1. The van der Waals surface area contributed by atoms with Gasteiger partial charge < -0.3 is 0 Å².